The molecule has 0 spiro atoms. The number of halogens is 2. The molecule has 0 aliphatic heterocycles. The summed E-state index contributed by atoms with van der Waals surface area (Å²) in [4.78, 5) is 0. The van der Waals surface area contributed by atoms with Crippen LogP contribution in [0.25, 0.3) is 0 Å². The summed E-state index contributed by atoms with van der Waals surface area (Å²) in [7, 11) is 0. The van der Waals surface area contributed by atoms with Crippen molar-refractivity contribution in [1.82, 2.24) is 0 Å². The molecular weight excluding hydrogens is 329 g/mol. The van der Waals surface area contributed by atoms with E-state index in [0.717, 1.165) is 29.3 Å². The van der Waals surface area contributed by atoms with Crippen molar-refractivity contribution < 1.29 is 4.39 Å². The third kappa shape index (κ3) is 2.77. The number of nitrogens with two attached hydrogens (primary N) is 1. The summed E-state index contributed by atoms with van der Waals surface area (Å²) < 4.78 is 14.0. The lowest BCUT2D eigenvalue weighted by molar-refractivity contribution is 0.348. The molecule has 0 bridgehead atoms. The van der Waals surface area contributed by atoms with Crippen LogP contribution < -0.4 is 5.73 Å². The van der Waals surface area contributed by atoms with E-state index in [2.05, 4.69) is 47.1 Å². The Bertz CT molecular complexity index is 670. The smallest absolute Gasteiger partial charge is 0.124 e. The van der Waals surface area contributed by atoms with Crippen molar-refractivity contribution in [1.29, 1.82) is 0 Å². The van der Waals surface area contributed by atoms with Gasteiger partial charge in [0.1, 0.15) is 5.82 Å². The van der Waals surface area contributed by atoms with E-state index < -0.39 is 0 Å². The van der Waals surface area contributed by atoms with Crippen LogP contribution in [0, 0.1) is 5.82 Å². The molecule has 2 atom stereocenters. The van der Waals surface area contributed by atoms with E-state index in [4.69, 9.17) is 5.73 Å². The van der Waals surface area contributed by atoms with Gasteiger partial charge in [-0.15, -0.1) is 0 Å². The predicted octanol–water partition coefficient (Wildman–Crippen LogP) is 4.88. The average molecular weight is 348 g/mol. The number of hydrogen-bond donors (Lipinski definition) is 1. The van der Waals surface area contributed by atoms with E-state index >= 15 is 0 Å². The number of rotatable bonds is 2. The molecular formula is C18H19BrFN. The first-order valence-corrected chi connectivity index (χ1v) is 8.11. The van der Waals surface area contributed by atoms with Crippen LogP contribution in [-0.4, -0.2) is 0 Å². The Morgan fingerprint density at radius 3 is 2.81 bits per heavy atom. The highest BCUT2D eigenvalue weighted by Gasteiger charge is 2.35. The van der Waals surface area contributed by atoms with Gasteiger partial charge in [0.25, 0.3) is 0 Å². The fraction of sp³-hybridized carbons (Fsp3) is 0.333. The number of benzene rings is 2. The number of hydrogen-bond acceptors (Lipinski definition) is 1. The quantitative estimate of drug-likeness (QED) is 0.822. The van der Waals surface area contributed by atoms with Gasteiger partial charge in [-0.3, -0.25) is 0 Å². The second-order valence-corrected chi connectivity index (χ2v) is 6.95. The molecule has 21 heavy (non-hydrogen) atoms. The normalized spacial score (nSPS) is 24.7. The van der Waals surface area contributed by atoms with E-state index in [9.17, 15) is 4.39 Å². The molecule has 3 rings (SSSR count). The summed E-state index contributed by atoms with van der Waals surface area (Å²) in [5.74, 6) is 0.323. The van der Waals surface area contributed by atoms with Crippen molar-refractivity contribution in [3.05, 3.63) is 69.4 Å². The topological polar surface area (TPSA) is 26.0 Å². The highest BCUT2D eigenvalue weighted by atomic mass is 79.9. The lowest BCUT2D eigenvalue weighted by Gasteiger charge is -2.39. The molecule has 0 fully saturated rings. The van der Waals surface area contributed by atoms with Crippen LogP contribution in [0.2, 0.25) is 0 Å². The van der Waals surface area contributed by atoms with E-state index in [-0.39, 0.29) is 11.4 Å². The predicted molar refractivity (Wildman–Crippen MR) is 87.8 cm³/mol. The van der Waals surface area contributed by atoms with E-state index in [0.29, 0.717) is 5.92 Å². The van der Waals surface area contributed by atoms with E-state index in [1.807, 2.05) is 6.07 Å². The van der Waals surface area contributed by atoms with Crippen LogP contribution in [0.15, 0.2) is 46.9 Å². The molecule has 0 heterocycles. The van der Waals surface area contributed by atoms with Gasteiger partial charge in [0.2, 0.25) is 0 Å². The zero-order chi connectivity index (χ0) is 15.0. The summed E-state index contributed by atoms with van der Waals surface area (Å²) in [5.41, 5.74) is 10.0. The van der Waals surface area contributed by atoms with Crippen molar-refractivity contribution in [2.45, 2.75) is 37.6 Å². The third-order valence-corrected chi connectivity index (χ3v) is 5.31. The molecule has 2 aromatic carbocycles. The van der Waals surface area contributed by atoms with Crippen molar-refractivity contribution in [3.63, 3.8) is 0 Å². The Balaban J connectivity index is 2.00. The minimum absolute atomic E-state index is 0.227. The molecule has 2 N–H and O–H groups in total. The van der Waals surface area contributed by atoms with Crippen molar-refractivity contribution in [2.24, 2.45) is 5.73 Å². The Morgan fingerprint density at radius 2 is 2.05 bits per heavy atom. The molecule has 2 unspecified atom stereocenters. The van der Waals surface area contributed by atoms with Gasteiger partial charge in [-0.05, 0) is 54.0 Å². The van der Waals surface area contributed by atoms with Gasteiger partial charge in [0, 0.05) is 10.0 Å². The van der Waals surface area contributed by atoms with Gasteiger partial charge < -0.3 is 5.73 Å². The van der Waals surface area contributed by atoms with E-state index in [1.165, 1.54) is 23.3 Å². The Kier molecular flexibility index (Phi) is 3.89. The van der Waals surface area contributed by atoms with Crippen LogP contribution in [0.3, 0.4) is 0 Å². The molecule has 0 saturated heterocycles. The molecule has 1 nitrogen and oxygen atoms in total. The van der Waals surface area contributed by atoms with Gasteiger partial charge in [-0.2, -0.15) is 0 Å². The van der Waals surface area contributed by atoms with Crippen LogP contribution in [-0.2, 0) is 12.0 Å². The van der Waals surface area contributed by atoms with Gasteiger partial charge in [-0.25, -0.2) is 4.39 Å². The fourth-order valence-corrected chi connectivity index (χ4v) is 3.82. The van der Waals surface area contributed by atoms with Gasteiger partial charge in [-0.1, -0.05) is 53.2 Å². The van der Waals surface area contributed by atoms with Crippen molar-refractivity contribution in [2.75, 3.05) is 0 Å². The molecule has 0 saturated carbocycles. The van der Waals surface area contributed by atoms with Gasteiger partial charge >= 0.3 is 0 Å². The number of fused-ring (bicyclic) bond motifs is 1. The molecule has 1 aliphatic rings. The lowest BCUT2D eigenvalue weighted by atomic mass is 9.70. The van der Waals surface area contributed by atoms with Gasteiger partial charge in [0.05, 0.1) is 0 Å². The van der Waals surface area contributed by atoms with Crippen LogP contribution >= 0.6 is 15.9 Å². The first kappa shape index (κ1) is 14.7. The summed E-state index contributed by atoms with van der Waals surface area (Å²) in [5, 5.41) is 0. The molecule has 1 aliphatic carbocycles. The maximum atomic E-state index is 13.3. The van der Waals surface area contributed by atoms with E-state index in [1.54, 1.807) is 0 Å². The van der Waals surface area contributed by atoms with Crippen molar-refractivity contribution in [3.8, 4) is 0 Å². The average Bonchev–Trinajstić information content (AvgIpc) is 2.47. The minimum atomic E-state index is -0.372. The first-order chi connectivity index (χ1) is 9.99. The SMILES string of the molecule is CC1CCC(N)(Cc2ccc(F)cc2Br)c2ccccc21. The molecule has 110 valence electrons. The van der Waals surface area contributed by atoms with Crippen LogP contribution in [0.1, 0.15) is 42.4 Å². The maximum Gasteiger partial charge on any atom is 0.124 e. The molecule has 0 aromatic heterocycles. The molecule has 2 aromatic rings. The summed E-state index contributed by atoms with van der Waals surface area (Å²) in [6.45, 7) is 2.26. The first-order valence-electron chi connectivity index (χ1n) is 7.32. The Hall–Kier alpha value is -1.19. The zero-order valence-electron chi connectivity index (χ0n) is 12.1. The minimum Gasteiger partial charge on any atom is -0.321 e. The summed E-state index contributed by atoms with van der Waals surface area (Å²) >= 11 is 3.45. The highest BCUT2D eigenvalue weighted by molar-refractivity contribution is 9.10. The van der Waals surface area contributed by atoms with Gasteiger partial charge in [0.15, 0.2) is 0 Å². The standard InChI is InChI=1S/C18H19BrFN/c1-12-8-9-18(21,16-5-3-2-4-15(12)16)11-13-6-7-14(20)10-17(13)19/h2-7,10,12H,8-9,11,21H2,1H3. The Morgan fingerprint density at radius 1 is 1.29 bits per heavy atom. The fourth-order valence-electron chi connectivity index (χ4n) is 3.33. The van der Waals surface area contributed by atoms with Crippen LogP contribution in [0.4, 0.5) is 4.39 Å². The second kappa shape index (κ2) is 5.54. The molecule has 0 amide bonds. The van der Waals surface area contributed by atoms with Crippen LogP contribution in [0.5, 0.6) is 0 Å². The summed E-state index contributed by atoms with van der Waals surface area (Å²) in [6.07, 6.45) is 2.76. The molecule has 3 heteroatoms. The van der Waals surface area contributed by atoms with Crippen molar-refractivity contribution >= 4 is 15.9 Å². The molecule has 0 radical (unpaired) electrons. The largest absolute Gasteiger partial charge is 0.321 e. The monoisotopic (exact) mass is 347 g/mol. The third-order valence-electron chi connectivity index (χ3n) is 4.57. The highest BCUT2D eigenvalue weighted by Crippen LogP contribution is 2.42. The zero-order valence-corrected chi connectivity index (χ0v) is 13.7. The maximum absolute atomic E-state index is 13.3. The Labute approximate surface area is 133 Å². The lowest BCUT2D eigenvalue weighted by Crippen LogP contribution is -2.42. The summed E-state index contributed by atoms with van der Waals surface area (Å²) in [6, 6.07) is 13.3. The second-order valence-electron chi connectivity index (χ2n) is 6.10.